The zero-order chi connectivity index (χ0) is 26.8. The summed E-state index contributed by atoms with van der Waals surface area (Å²) in [6, 6.07) is 26.6. The zero-order valence-corrected chi connectivity index (χ0v) is 21.7. The highest BCUT2D eigenvalue weighted by atomic mass is 16.5. The van der Waals surface area contributed by atoms with Crippen molar-refractivity contribution < 1.29 is 19.1 Å². The first kappa shape index (κ1) is 27.5. The highest BCUT2D eigenvalue weighted by Gasteiger charge is 2.41. The summed E-state index contributed by atoms with van der Waals surface area (Å²) < 4.78 is 5.85. The minimum absolute atomic E-state index is 0.0669. The van der Waals surface area contributed by atoms with Crippen LogP contribution in [0.4, 0.5) is 0 Å². The Morgan fingerprint density at radius 1 is 0.838 bits per heavy atom. The summed E-state index contributed by atoms with van der Waals surface area (Å²) in [5.74, 6) is -0.962. The molecule has 0 bridgehead atoms. The molecule has 0 aliphatic rings. The van der Waals surface area contributed by atoms with Gasteiger partial charge in [-0.15, -0.1) is 0 Å². The lowest BCUT2D eigenvalue weighted by Crippen LogP contribution is -2.49. The van der Waals surface area contributed by atoms with Crippen LogP contribution in [0, 0.1) is 11.8 Å². The average Bonchev–Trinajstić information content (AvgIpc) is 2.91. The smallest absolute Gasteiger partial charge is 0.419 e. The van der Waals surface area contributed by atoms with Crippen LogP contribution in [-0.2, 0) is 16.1 Å². The second-order valence-corrected chi connectivity index (χ2v) is 9.58. The Morgan fingerprint density at radius 2 is 1.35 bits per heavy atom. The Kier molecular flexibility index (Phi) is 9.90. The second kappa shape index (κ2) is 13.3. The summed E-state index contributed by atoms with van der Waals surface area (Å²) in [7, 11) is 0. The SMILES string of the molecule is CC(C)C(OC(=O)C(=[N+]=[N-])C(c1ccccc1)N(Cc1ccccc1)NC(=O)c1ccccc1)C(C)C. The van der Waals surface area contributed by atoms with Gasteiger partial charge in [0.1, 0.15) is 6.10 Å². The Morgan fingerprint density at radius 3 is 1.86 bits per heavy atom. The number of nitrogens with zero attached hydrogens (tertiary/aromatic N) is 3. The number of rotatable bonds is 11. The molecule has 1 unspecified atom stereocenters. The molecule has 3 aromatic rings. The first-order chi connectivity index (χ1) is 17.8. The molecule has 0 aromatic heterocycles. The maximum atomic E-state index is 13.5. The number of nitrogens with one attached hydrogen (secondary N) is 1. The predicted octanol–water partition coefficient (Wildman–Crippen LogP) is 5.47. The fourth-order valence-corrected chi connectivity index (χ4v) is 4.31. The molecule has 7 heteroatoms. The molecule has 7 nitrogen and oxygen atoms in total. The molecule has 0 heterocycles. The van der Waals surface area contributed by atoms with Gasteiger partial charge in [0.15, 0.2) is 6.04 Å². The van der Waals surface area contributed by atoms with Crippen molar-refractivity contribution in [2.75, 3.05) is 0 Å². The summed E-state index contributed by atoms with van der Waals surface area (Å²) in [6.07, 6.45) is -0.373. The van der Waals surface area contributed by atoms with E-state index in [4.69, 9.17) is 4.74 Å². The lowest BCUT2D eigenvalue weighted by molar-refractivity contribution is -0.151. The molecule has 0 fully saturated rings. The molecule has 1 N–H and O–H groups in total. The molecule has 3 rings (SSSR count). The third-order valence-electron chi connectivity index (χ3n) is 6.04. The fourth-order valence-electron chi connectivity index (χ4n) is 4.31. The van der Waals surface area contributed by atoms with Crippen molar-refractivity contribution in [2.24, 2.45) is 11.8 Å². The first-order valence-electron chi connectivity index (χ1n) is 12.5. The quantitative estimate of drug-likeness (QED) is 0.125. The van der Waals surface area contributed by atoms with E-state index >= 15 is 0 Å². The molecule has 0 aliphatic heterocycles. The molecule has 37 heavy (non-hydrogen) atoms. The van der Waals surface area contributed by atoms with Gasteiger partial charge in [-0.1, -0.05) is 107 Å². The molecule has 3 aromatic carbocycles. The van der Waals surface area contributed by atoms with Crippen LogP contribution in [0.5, 0.6) is 0 Å². The van der Waals surface area contributed by atoms with Gasteiger partial charge < -0.3 is 10.3 Å². The Bertz CT molecular complexity index is 1200. The Hall–Kier alpha value is -4.06. The number of hydrogen-bond acceptors (Lipinski definition) is 4. The van der Waals surface area contributed by atoms with Crippen LogP contribution >= 0.6 is 0 Å². The van der Waals surface area contributed by atoms with E-state index in [0.717, 1.165) is 5.56 Å². The van der Waals surface area contributed by atoms with Gasteiger partial charge in [-0.25, -0.2) is 4.79 Å². The number of hydrazine groups is 1. The molecule has 0 saturated carbocycles. The maximum Gasteiger partial charge on any atom is 0.419 e. The minimum atomic E-state index is -0.924. The lowest BCUT2D eigenvalue weighted by Gasteiger charge is -2.30. The number of ether oxygens (including phenoxy) is 1. The number of amides is 1. The van der Waals surface area contributed by atoms with Gasteiger partial charge in [-0.3, -0.25) is 10.2 Å². The second-order valence-electron chi connectivity index (χ2n) is 9.58. The first-order valence-corrected chi connectivity index (χ1v) is 12.5. The van der Waals surface area contributed by atoms with Crippen LogP contribution in [0.15, 0.2) is 91.0 Å². The molecule has 192 valence electrons. The van der Waals surface area contributed by atoms with E-state index < -0.39 is 12.0 Å². The molecule has 1 amide bonds. The highest BCUT2D eigenvalue weighted by Crippen LogP contribution is 2.25. The number of carbonyl (C=O) groups excluding carboxylic acids is 2. The fraction of sp³-hybridized carbons (Fsp3) is 0.300. The molecule has 0 radical (unpaired) electrons. The molecular formula is C30H34N4O3. The van der Waals surface area contributed by atoms with Crippen molar-refractivity contribution >= 4 is 17.6 Å². The van der Waals surface area contributed by atoms with Crippen LogP contribution in [0.25, 0.3) is 5.53 Å². The third kappa shape index (κ3) is 7.46. The van der Waals surface area contributed by atoms with Gasteiger partial charge in [0.2, 0.25) is 0 Å². The van der Waals surface area contributed by atoms with E-state index in [1.54, 1.807) is 29.3 Å². The average molecular weight is 499 g/mol. The summed E-state index contributed by atoms with van der Waals surface area (Å²) in [5.41, 5.74) is 14.9. The number of hydrogen-bond donors (Lipinski definition) is 1. The van der Waals surface area contributed by atoms with E-state index in [1.165, 1.54) is 0 Å². The van der Waals surface area contributed by atoms with E-state index in [9.17, 15) is 15.1 Å². The van der Waals surface area contributed by atoms with E-state index in [-0.39, 0.29) is 36.1 Å². The van der Waals surface area contributed by atoms with Crippen molar-refractivity contribution in [1.29, 1.82) is 0 Å². The van der Waals surface area contributed by atoms with Crippen molar-refractivity contribution in [2.45, 2.75) is 46.4 Å². The minimum Gasteiger partial charge on any atom is -0.453 e. The number of esters is 1. The van der Waals surface area contributed by atoms with Crippen molar-refractivity contribution in [1.82, 2.24) is 10.4 Å². The van der Waals surface area contributed by atoms with Crippen LogP contribution in [0.1, 0.15) is 55.2 Å². The van der Waals surface area contributed by atoms with Crippen LogP contribution in [-0.4, -0.2) is 33.5 Å². The largest absolute Gasteiger partial charge is 0.453 e. The summed E-state index contributed by atoms with van der Waals surface area (Å²) in [5, 5.41) is 1.61. The van der Waals surface area contributed by atoms with Gasteiger partial charge in [-0.2, -0.15) is 9.80 Å². The van der Waals surface area contributed by atoms with Crippen LogP contribution < -0.4 is 5.43 Å². The molecule has 0 saturated heterocycles. The third-order valence-corrected chi connectivity index (χ3v) is 6.04. The van der Waals surface area contributed by atoms with Crippen molar-refractivity contribution in [3.8, 4) is 0 Å². The van der Waals surface area contributed by atoms with Crippen molar-refractivity contribution in [3.63, 3.8) is 0 Å². The van der Waals surface area contributed by atoms with Gasteiger partial charge in [0, 0.05) is 12.1 Å². The molecule has 0 spiro atoms. The van der Waals surface area contributed by atoms with Gasteiger partial charge in [-0.05, 0) is 35.1 Å². The highest BCUT2D eigenvalue weighted by molar-refractivity contribution is 6.36. The zero-order valence-electron chi connectivity index (χ0n) is 21.7. The van der Waals surface area contributed by atoms with Gasteiger partial charge in [0.05, 0.1) is 0 Å². The van der Waals surface area contributed by atoms with Gasteiger partial charge >= 0.3 is 11.7 Å². The summed E-state index contributed by atoms with van der Waals surface area (Å²) >= 11 is 0. The monoisotopic (exact) mass is 498 g/mol. The molecule has 1 atom stereocenters. The van der Waals surface area contributed by atoms with E-state index in [2.05, 4.69) is 10.2 Å². The van der Waals surface area contributed by atoms with Crippen LogP contribution in [0.3, 0.4) is 0 Å². The summed E-state index contributed by atoms with van der Waals surface area (Å²) in [4.78, 5) is 30.1. The standard InChI is InChI=1S/C30H34N4O3/c1-21(2)28(22(3)4)37-30(36)26(32-31)27(24-16-10-6-11-17-24)34(20-23-14-8-5-9-15-23)33-29(35)25-18-12-7-13-19-25/h5-19,21-22,27-28H,20H2,1-4H3,(H,33,35). The molecular weight excluding hydrogens is 464 g/mol. The normalized spacial score (nSPS) is 11.9. The number of benzene rings is 3. The number of carbonyl (C=O) groups is 2. The summed E-state index contributed by atoms with van der Waals surface area (Å²) in [6.45, 7) is 8.14. The molecule has 0 aliphatic carbocycles. The maximum absolute atomic E-state index is 13.5. The van der Waals surface area contributed by atoms with Crippen molar-refractivity contribution in [3.05, 3.63) is 113 Å². The topological polar surface area (TPSA) is 95.0 Å². The predicted molar refractivity (Wildman–Crippen MR) is 143 cm³/mol. The Balaban J connectivity index is 2.06. The van der Waals surface area contributed by atoms with E-state index in [1.807, 2.05) is 94.4 Å². The van der Waals surface area contributed by atoms with Gasteiger partial charge in [0.25, 0.3) is 5.91 Å². The lowest BCUT2D eigenvalue weighted by atomic mass is 9.96. The Labute approximate surface area is 218 Å². The van der Waals surface area contributed by atoms with E-state index in [0.29, 0.717) is 11.1 Å². The van der Waals surface area contributed by atoms with Crippen LogP contribution in [0.2, 0.25) is 0 Å².